The molecule has 0 spiro atoms. The molecule has 0 N–H and O–H groups in total. The van der Waals surface area contributed by atoms with Crippen LogP contribution in [0.1, 0.15) is 16.7 Å². The first-order valence-electron chi connectivity index (χ1n) is 5.93. The number of hydrogen-bond donors (Lipinski definition) is 0. The van der Waals surface area contributed by atoms with Gasteiger partial charge in [-0.2, -0.15) is 0 Å². The van der Waals surface area contributed by atoms with E-state index in [4.69, 9.17) is 0 Å². The van der Waals surface area contributed by atoms with Gasteiger partial charge in [0.25, 0.3) is 0 Å². The number of rotatable bonds is 3. The molecule has 0 saturated carbocycles. The van der Waals surface area contributed by atoms with Gasteiger partial charge in [-0.1, -0.05) is 41.6 Å². The van der Waals surface area contributed by atoms with Crippen LogP contribution in [-0.2, 0) is 4.79 Å². The fraction of sp³-hybridized carbons (Fsp3) is 0.200. The summed E-state index contributed by atoms with van der Waals surface area (Å²) in [6.07, 6.45) is 3.68. The van der Waals surface area contributed by atoms with Crippen LogP contribution < -0.4 is 0 Å². The maximum Gasteiger partial charge on any atom is 0.244 e. The van der Waals surface area contributed by atoms with Crippen molar-refractivity contribution >= 4 is 39.1 Å². The van der Waals surface area contributed by atoms with Gasteiger partial charge >= 0.3 is 0 Å². The average Bonchev–Trinajstić information content (AvgIpc) is 2.72. The quantitative estimate of drug-likeness (QED) is 0.617. The number of carbonyl (C=O) groups excluding carboxylic acids is 1. The van der Waals surface area contributed by atoms with E-state index in [0.717, 1.165) is 21.3 Å². The minimum Gasteiger partial charge on any atom is -0.279 e. The molecule has 0 amide bonds. The number of benzene rings is 1. The van der Waals surface area contributed by atoms with Crippen molar-refractivity contribution in [3.8, 4) is 0 Å². The van der Waals surface area contributed by atoms with Crippen LogP contribution in [0.4, 0.5) is 0 Å². The summed E-state index contributed by atoms with van der Waals surface area (Å²) >= 11 is 2.74. The lowest BCUT2D eigenvalue weighted by molar-refractivity contribution is -0.107. The number of thioether (sulfide) groups is 2. The van der Waals surface area contributed by atoms with Gasteiger partial charge in [-0.25, -0.2) is 4.99 Å². The lowest BCUT2D eigenvalue weighted by Crippen LogP contribution is -1.90. The summed E-state index contributed by atoms with van der Waals surface area (Å²) in [7, 11) is 0. The Balaban J connectivity index is 2.27. The molecule has 4 heteroatoms. The van der Waals surface area contributed by atoms with Crippen LogP contribution in [0.15, 0.2) is 41.5 Å². The Labute approximate surface area is 122 Å². The van der Waals surface area contributed by atoms with Crippen LogP contribution in [0.5, 0.6) is 0 Å². The van der Waals surface area contributed by atoms with Crippen LogP contribution >= 0.6 is 23.5 Å². The Hall–Kier alpha value is -1.26. The molecule has 98 valence electrons. The van der Waals surface area contributed by atoms with Gasteiger partial charge in [-0.3, -0.25) is 4.79 Å². The van der Waals surface area contributed by atoms with Crippen molar-refractivity contribution in [2.75, 3.05) is 5.75 Å². The molecule has 1 aromatic rings. The van der Waals surface area contributed by atoms with Gasteiger partial charge in [0.2, 0.25) is 5.12 Å². The number of aliphatic imine (C=N–C) groups is 1. The molecule has 0 atom stereocenters. The van der Waals surface area contributed by atoms with Crippen molar-refractivity contribution < 1.29 is 4.79 Å². The average molecular weight is 289 g/mol. The number of nitrogens with zero attached hydrogens (tertiary/aromatic N) is 1. The molecule has 1 aliphatic rings. The van der Waals surface area contributed by atoms with Crippen LogP contribution in [0.25, 0.3) is 6.08 Å². The molecule has 1 aromatic carbocycles. The van der Waals surface area contributed by atoms with E-state index in [1.54, 1.807) is 11.8 Å². The SMILES string of the molecule is C=CCSC1=NC(=Cc2cc(C)ccc2C)C(=O)S1. The molecule has 0 aliphatic carbocycles. The molecule has 0 saturated heterocycles. The second-order valence-electron chi connectivity index (χ2n) is 4.26. The lowest BCUT2D eigenvalue weighted by atomic mass is 10.0. The topological polar surface area (TPSA) is 29.4 Å². The van der Waals surface area contributed by atoms with Crippen molar-refractivity contribution in [2.45, 2.75) is 13.8 Å². The second-order valence-corrected chi connectivity index (χ2v) is 6.49. The molecule has 0 unspecified atom stereocenters. The van der Waals surface area contributed by atoms with Gasteiger partial charge in [-0.15, -0.1) is 6.58 Å². The molecule has 1 heterocycles. The summed E-state index contributed by atoms with van der Waals surface area (Å²) in [6, 6.07) is 6.20. The van der Waals surface area contributed by atoms with E-state index in [9.17, 15) is 4.79 Å². The first kappa shape index (κ1) is 14.2. The maximum atomic E-state index is 11.9. The van der Waals surface area contributed by atoms with Crippen molar-refractivity contribution in [2.24, 2.45) is 4.99 Å². The highest BCUT2D eigenvalue weighted by Crippen LogP contribution is 2.31. The number of aryl methyl sites for hydroxylation is 2. The van der Waals surface area contributed by atoms with E-state index in [0.29, 0.717) is 5.70 Å². The van der Waals surface area contributed by atoms with E-state index >= 15 is 0 Å². The number of carbonyl (C=O) groups is 1. The van der Waals surface area contributed by atoms with Crippen molar-refractivity contribution in [3.05, 3.63) is 53.2 Å². The van der Waals surface area contributed by atoms with Crippen molar-refractivity contribution in [3.63, 3.8) is 0 Å². The Kier molecular flexibility index (Phi) is 4.66. The fourth-order valence-corrected chi connectivity index (χ4v) is 3.25. The zero-order valence-electron chi connectivity index (χ0n) is 11.0. The zero-order chi connectivity index (χ0) is 13.8. The highest BCUT2D eigenvalue weighted by Gasteiger charge is 2.22. The Morgan fingerprint density at radius 2 is 2.21 bits per heavy atom. The van der Waals surface area contributed by atoms with Crippen LogP contribution in [0.3, 0.4) is 0 Å². The summed E-state index contributed by atoms with van der Waals surface area (Å²) in [5.74, 6) is 0.774. The van der Waals surface area contributed by atoms with Crippen LogP contribution in [0.2, 0.25) is 0 Å². The van der Waals surface area contributed by atoms with Gasteiger partial charge in [0.1, 0.15) is 10.1 Å². The van der Waals surface area contributed by atoms with Crippen LogP contribution in [-0.4, -0.2) is 15.2 Å². The summed E-state index contributed by atoms with van der Waals surface area (Å²) in [5, 5.41) is 0.0208. The third-order valence-corrected chi connectivity index (χ3v) is 4.66. The normalized spacial score (nSPS) is 16.8. The Bertz CT molecular complexity index is 588. The fourth-order valence-electron chi connectivity index (χ4n) is 1.64. The van der Waals surface area contributed by atoms with E-state index in [-0.39, 0.29) is 5.12 Å². The molecule has 0 radical (unpaired) electrons. The smallest absolute Gasteiger partial charge is 0.244 e. The Morgan fingerprint density at radius 1 is 1.42 bits per heavy atom. The van der Waals surface area contributed by atoms with Crippen LogP contribution in [0, 0.1) is 13.8 Å². The predicted molar refractivity (Wildman–Crippen MR) is 86.6 cm³/mol. The predicted octanol–water partition coefficient (Wildman–Crippen LogP) is 4.19. The van der Waals surface area contributed by atoms with Gasteiger partial charge in [0, 0.05) is 5.75 Å². The number of hydrogen-bond acceptors (Lipinski definition) is 4. The summed E-state index contributed by atoms with van der Waals surface area (Å²) < 4.78 is 0.807. The monoisotopic (exact) mass is 289 g/mol. The van der Waals surface area contributed by atoms with Gasteiger partial charge in [0.05, 0.1) is 0 Å². The standard InChI is InChI=1S/C15H15NOS2/c1-4-7-18-15-16-13(14(17)19-15)9-12-8-10(2)5-6-11(12)3/h4-6,8-9H,1,7H2,2-3H3. The van der Waals surface area contributed by atoms with E-state index in [2.05, 4.69) is 29.8 Å². The van der Waals surface area contributed by atoms with E-state index in [1.165, 1.54) is 17.3 Å². The third-order valence-electron chi connectivity index (χ3n) is 2.65. The molecule has 0 aromatic heterocycles. The second kappa shape index (κ2) is 6.26. The largest absolute Gasteiger partial charge is 0.279 e. The first-order valence-corrected chi connectivity index (χ1v) is 7.74. The van der Waals surface area contributed by atoms with E-state index < -0.39 is 0 Å². The molecule has 2 rings (SSSR count). The summed E-state index contributed by atoms with van der Waals surface area (Å²) in [4.78, 5) is 16.3. The molecule has 0 fully saturated rings. The lowest BCUT2D eigenvalue weighted by Gasteiger charge is -2.02. The summed E-state index contributed by atoms with van der Waals surface area (Å²) in [6.45, 7) is 7.74. The highest BCUT2D eigenvalue weighted by atomic mass is 32.2. The van der Waals surface area contributed by atoms with Gasteiger partial charge < -0.3 is 0 Å². The highest BCUT2D eigenvalue weighted by molar-refractivity contribution is 8.45. The summed E-state index contributed by atoms with van der Waals surface area (Å²) in [5.41, 5.74) is 3.92. The Morgan fingerprint density at radius 3 is 2.95 bits per heavy atom. The van der Waals surface area contributed by atoms with E-state index in [1.807, 2.05) is 26.0 Å². The van der Waals surface area contributed by atoms with Crippen molar-refractivity contribution in [1.29, 1.82) is 0 Å². The molecule has 2 nitrogen and oxygen atoms in total. The maximum absolute atomic E-state index is 11.9. The van der Waals surface area contributed by atoms with Gasteiger partial charge in [0.15, 0.2) is 0 Å². The molecule has 0 bridgehead atoms. The van der Waals surface area contributed by atoms with Crippen molar-refractivity contribution in [1.82, 2.24) is 0 Å². The minimum absolute atomic E-state index is 0.0208. The third kappa shape index (κ3) is 3.61. The van der Waals surface area contributed by atoms with Gasteiger partial charge in [-0.05, 0) is 42.8 Å². The molecular formula is C15H15NOS2. The minimum atomic E-state index is 0.0208. The molecular weight excluding hydrogens is 274 g/mol. The zero-order valence-corrected chi connectivity index (χ0v) is 12.6. The molecule has 1 aliphatic heterocycles. The molecule has 19 heavy (non-hydrogen) atoms. The first-order chi connectivity index (χ1) is 9.10.